The second-order valence-corrected chi connectivity index (χ2v) is 2.82. The van der Waals surface area contributed by atoms with E-state index in [1.54, 1.807) is 6.92 Å². The minimum absolute atomic E-state index is 0. The van der Waals surface area contributed by atoms with Crippen molar-refractivity contribution in [3.05, 3.63) is 5.21 Å². The Hall–Kier alpha value is 1.66. The summed E-state index contributed by atoms with van der Waals surface area (Å²) in [7, 11) is 0. The second-order valence-electron chi connectivity index (χ2n) is 0.954. The van der Waals surface area contributed by atoms with E-state index in [0.29, 0.717) is 0 Å². The average Bonchev–Trinajstić information content (AvgIpc) is 1.36. The maximum absolute atomic E-state index is 9.69. The minimum Gasteiger partial charge on any atom is -0.599 e. The van der Waals surface area contributed by atoms with Gasteiger partial charge in [0.1, 0.15) is 0 Å². The van der Waals surface area contributed by atoms with Crippen molar-refractivity contribution in [2.75, 3.05) is 0 Å². The van der Waals surface area contributed by atoms with Crippen LogP contribution >= 0.6 is 22.6 Å². The maximum atomic E-state index is 9.69. The van der Waals surface area contributed by atoms with E-state index in [4.69, 9.17) is 5.21 Å². The number of rotatable bonds is 1. The summed E-state index contributed by atoms with van der Waals surface area (Å²) in [6.45, 7) is 1.63. The normalized spacial score (nSPS) is 17.1. The first-order chi connectivity index (χ1) is 2.64. The van der Waals surface area contributed by atoms with Gasteiger partial charge in [-0.15, -0.1) is 0 Å². The van der Waals surface area contributed by atoms with Gasteiger partial charge in [0.2, 0.25) is 0 Å². The van der Waals surface area contributed by atoms with Crippen molar-refractivity contribution in [1.82, 2.24) is 0 Å². The molecule has 0 bridgehead atoms. The average molecular weight is 441 g/mol. The van der Waals surface area contributed by atoms with E-state index in [1.807, 2.05) is 22.6 Å². The first kappa shape index (κ1) is 11.5. The zero-order chi connectivity index (χ0) is 5.15. The van der Waals surface area contributed by atoms with Gasteiger partial charge in [-0.3, -0.25) is 0 Å². The van der Waals surface area contributed by atoms with Crippen LogP contribution in [-0.4, -0.2) is 9.26 Å². The molecule has 0 aromatic carbocycles. The molecular formula is C2H6INO2U. The van der Waals surface area contributed by atoms with Crippen LogP contribution in [0, 0.1) is 36.3 Å². The fourth-order valence-electron chi connectivity index (χ4n) is 0. The molecule has 0 spiro atoms. The largest absolute Gasteiger partial charge is 0.599 e. The minimum atomic E-state index is -0.754. The number of halogens is 1. The third-order valence-electron chi connectivity index (χ3n) is 0.340. The molecule has 2 atom stereocenters. The molecule has 0 fully saturated rings. The molecular weight excluding hydrogens is 435 g/mol. The number of hydroxylamine groups is 2. The Morgan fingerprint density at radius 3 is 2.00 bits per heavy atom. The van der Waals surface area contributed by atoms with Crippen molar-refractivity contribution in [2.24, 2.45) is 0 Å². The zero-order valence-electron chi connectivity index (χ0n) is 3.81. The summed E-state index contributed by atoms with van der Waals surface area (Å²) in [5.74, 6) is 0. The van der Waals surface area contributed by atoms with Gasteiger partial charge in [0, 0.05) is 38.0 Å². The smallest absolute Gasteiger partial charge is 0.164 e. The predicted molar refractivity (Wildman–Crippen MR) is 29.6 cm³/mol. The zero-order valence-corrected chi connectivity index (χ0v) is 10.1. The van der Waals surface area contributed by atoms with Crippen molar-refractivity contribution < 1.29 is 41.5 Å². The van der Waals surface area contributed by atoms with Gasteiger partial charge in [-0.2, -0.15) is 0 Å². The second kappa shape index (κ2) is 5.79. The Kier molecular flexibility index (Phi) is 9.48. The molecule has 0 aliphatic heterocycles. The van der Waals surface area contributed by atoms with E-state index in [-0.39, 0.29) is 35.2 Å². The Balaban J connectivity index is 0. The monoisotopic (exact) mass is 441 g/mol. The van der Waals surface area contributed by atoms with Crippen LogP contribution < -0.4 is 5.23 Å². The van der Waals surface area contributed by atoms with Crippen molar-refractivity contribution >= 4 is 22.6 Å². The van der Waals surface area contributed by atoms with Crippen molar-refractivity contribution in [1.29, 1.82) is 0 Å². The third-order valence-corrected chi connectivity index (χ3v) is 0.873. The van der Waals surface area contributed by atoms with E-state index in [0.717, 1.165) is 0 Å². The van der Waals surface area contributed by atoms with Crippen LogP contribution in [0.2, 0.25) is 0 Å². The van der Waals surface area contributed by atoms with E-state index >= 15 is 0 Å². The van der Waals surface area contributed by atoms with Gasteiger partial charge in [0.05, 0.1) is 0 Å². The molecule has 0 aromatic heterocycles. The van der Waals surface area contributed by atoms with Gasteiger partial charge in [-0.1, -0.05) is 0 Å². The maximum Gasteiger partial charge on any atom is 0.164 e. The van der Waals surface area contributed by atoms with Crippen LogP contribution in [0.5, 0.6) is 0 Å². The number of hydrogen-bond donors (Lipinski definition) is 2. The van der Waals surface area contributed by atoms with Crippen molar-refractivity contribution in [3.8, 4) is 0 Å². The molecule has 2 N–H and O–H groups in total. The SMILES string of the molecule is CC(I)[NH+]([O-])O.[U]. The number of nitrogens with one attached hydrogen (secondary N) is 1. The van der Waals surface area contributed by atoms with Gasteiger partial charge in [-0.25, -0.2) is 10.4 Å². The van der Waals surface area contributed by atoms with Gasteiger partial charge in [0.25, 0.3) is 0 Å². The van der Waals surface area contributed by atoms with Crippen LogP contribution in [0.15, 0.2) is 0 Å². The van der Waals surface area contributed by atoms with Crippen LogP contribution in [-0.2, 0) is 0 Å². The molecule has 2 unspecified atom stereocenters. The summed E-state index contributed by atoms with van der Waals surface area (Å²) in [5.41, 5.74) is 0. The summed E-state index contributed by atoms with van der Waals surface area (Å²) in [6.07, 6.45) is 0. The number of alkyl halides is 1. The van der Waals surface area contributed by atoms with Crippen molar-refractivity contribution in [3.63, 3.8) is 0 Å². The van der Waals surface area contributed by atoms with E-state index < -0.39 is 5.23 Å². The molecule has 0 saturated carbocycles. The Morgan fingerprint density at radius 1 is 1.86 bits per heavy atom. The van der Waals surface area contributed by atoms with Crippen LogP contribution in [0.1, 0.15) is 6.92 Å². The molecule has 0 heterocycles. The van der Waals surface area contributed by atoms with E-state index in [1.165, 1.54) is 0 Å². The van der Waals surface area contributed by atoms with Crippen molar-refractivity contribution in [2.45, 2.75) is 11.0 Å². The summed E-state index contributed by atoms with van der Waals surface area (Å²) in [5, 5.41) is 16.9. The van der Waals surface area contributed by atoms with Crippen LogP contribution in [0.4, 0.5) is 0 Å². The third kappa shape index (κ3) is 7.66. The Labute approximate surface area is 79.5 Å². The summed E-state index contributed by atoms with van der Waals surface area (Å²) in [4.78, 5) is 0. The van der Waals surface area contributed by atoms with Gasteiger partial charge >= 0.3 is 0 Å². The van der Waals surface area contributed by atoms with Crippen LogP contribution in [0.25, 0.3) is 0 Å². The molecule has 42 valence electrons. The van der Waals surface area contributed by atoms with Gasteiger partial charge < -0.3 is 5.21 Å². The number of hydrogen-bond acceptors (Lipinski definition) is 2. The van der Waals surface area contributed by atoms with Gasteiger partial charge in [0.15, 0.2) is 4.05 Å². The molecule has 0 saturated heterocycles. The molecule has 5 heteroatoms. The fraction of sp³-hybridized carbons (Fsp3) is 1.00. The number of quaternary nitrogens is 1. The summed E-state index contributed by atoms with van der Waals surface area (Å²) >= 11 is 1.83. The first-order valence-corrected chi connectivity index (χ1v) is 2.76. The van der Waals surface area contributed by atoms with E-state index in [2.05, 4.69) is 0 Å². The van der Waals surface area contributed by atoms with Gasteiger partial charge in [-0.05, 0) is 22.6 Å². The predicted octanol–water partition coefficient (Wildman–Crippen LogP) is -0.461. The standard InChI is InChI=1S/C2H6INO2.U/c1-2(3)4(5)6;/h2,4-5H,1H3;. The summed E-state index contributed by atoms with van der Waals surface area (Å²) < 4.78 is -0.261. The first-order valence-electron chi connectivity index (χ1n) is 1.51. The molecule has 0 rings (SSSR count). The topological polar surface area (TPSA) is 47.7 Å². The van der Waals surface area contributed by atoms with E-state index in [9.17, 15) is 5.21 Å². The quantitative estimate of drug-likeness (QED) is 0.251. The molecule has 7 heavy (non-hydrogen) atoms. The molecule has 0 aromatic rings. The fourth-order valence-corrected chi connectivity index (χ4v) is 0. The molecule has 3 nitrogen and oxygen atoms in total. The molecule has 0 aliphatic carbocycles. The Morgan fingerprint density at radius 2 is 2.00 bits per heavy atom. The summed E-state index contributed by atoms with van der Waals surface area (Å²) in [6, 6.07) is 0. The molecule has 0 aliphatic rings. The van der Waals surface area contributed by atoms with Crippen LogP contribution in [0.3, 0.4) is 0 Å². The Bertz CT molecular complexity index is 36.7. The molecule has 0 radical (unpaired) electrons. The molecule has 0 amide bonds.